The maximum Gasteiger partial charge on any atom is 0.416 e. The molecule has 0 radical (unpaired) electrons. The fourth-order valence-corrected chi connectivity index (χ4v) is 2.55. The van der Waals surface area contributed by atoms with Gasteiger partial charge < -0.3 is 15.5 Å². The summed E-state index contributed by atoms with van der Waals surface area (Å²) in [5.41, 5.74) is -0.988. The number of nitrogens with one attached hydrogen (secondary N) is 2. The van der Waals surface area contributed by atoms with Crippen LogP contribution < -0.4 is 15.5 Å². The molecule has 0 bridgehead atoms. The lowest BCUT2D eigenvalue weighted by Gasteiger charge is -2.21. The van der Waals surface area contributed by atoms with Gasteiger partial charge in [0.1, 0.15) is 6.04 Å². The van der Waals surface area contributed by atoms with Gasteiger partial charge in [-0.2, -0.15) is 13.2 Å². The third-order valence-corrected chi connectivity index (χ3v) is 4.12. The Morgan fingerprint density at radius 3 is 2.37 bits per heavy atom. The van der Waals surface area contributed by atoms with Crippen molar-refractivity contribution in [3.05, 3.63) is 63.7 Å². The number of carbonyl (C=O) groups excluding carboxylic acids is 2. The molecule has 0 aliphatic heterocycles. The number of benzene rings is 2. The predicted molar refractivity (Wildman–Crippen MR) is 104 cm³/mol. The number of hydrogen-bond donors (Lipinski definition) is 2. The van der Waals surface area contributed by atoms with Crippen LogP contribution >= 0.6 is 0 Å². The van der Waals surface area contributed by atoms with E-state index in [0.29, 0.717) is 5.69 Å². The summed E-state index contributed by atoms with van der Waals surface area (Å²) >= 11 is 0. The highest BCUT2D eigenvalue weighted by Gasteiger charge is 2.31. The minimum atomic E-state index is -4.59. The van der Waals surface area contributed by atoms with Crippen molar-refractivity contribution >= 4 is 28.9 Å². The van der Waals surface area contributed by atoms with Crippen molar-refractivity contribution in [1.82, 2.24) is 5.32 Å². The third-order valence-electron chi connectivity index (χ3n) is 4.12. The zero-order chi connectivity index (χ0) is 22.6. The molecular formula is C19H19F3N4O4. The van der Waals surface area contributed by atoms with Crippen molar-refractivity contribution in [1.29, 1.82) is 0 Å². The molecule has 1 atom stereocenters. The molecule has 0 saturated heterocycles. The van der Waals surface area contributed by atoms with E-state index in [-0.39, 0.29) is 16.9 Å². The molecule has 11 heteroatoms. The molecule has 2 aromatic rings. The molecule has 2 rings (SSSR count). The summed E-state index contributed by atoms with van der Waals surface area (Å²) in [6, 6.07) is 6.74. The zero-order valence-electron chi connectivity index (χ0n) is 16.3. The molecule has 0 aromatic heterocycles. The molecule has 0 spiro atoms. The number of halogens is 3. The van der Waals surface area contributed by atoms with Crippen LogP contribution in [-0.2, 0) is 11.0 Å². The molecule has 0 heterocycles. The van der Waals surface area contributed by atoms with E-state index in [1.807, 2.05) is 0 Å². The van der Waals surface area contributed by atoms with E-state index in [0.717, 1.165) is 18.2 Å². The SMILES string of the molecule is CC(NC(=O)c1cccc([N+](=O)[O-])c1)C(=O)Nc1cc(C(F)(F)F)ccc1N(C)C. The first-order valence-corrected chi connectivity index (χ1v) is 8.65. The van der Waals surface area contributed by atoms with Crippen LogP contribution in [0.15, 0.2) is 42.5 Å². The third kappa shape index (κ3) is 5.46. The van der Waals surface area contributed by atoms with Gasteiger partial charge in [0.2, 0.25) is 5.91 Å². The number of alkyl halides is 3. The number of nitro benzene ring substituents is 1. The van der Waals surface area contributed by atoms with Crippen LogP contribution in [0.4, 0.5) is 30.2 Å². The summed E-state index contributed by atoms with van der Waals surface area (Å²) in [4.78, 5) is 36.4. The molecule has 8 nitrogen and oxygen atoms in total. The number of carbonyl (C=O) groups is 2. The van der Waals surface area contributed by atoms with E-state index in [2.05, 4.69) is 10.6 Å². The van der Waals surface area contributed by atoms with Crippen LogP contribution in [-0.4, -0.2) is 36.9 Å². The Morgan fingerprint density at radius 1 is 1.13 bits per heavy atom. The predicted octanol–water partition coefficient (Wildman–Crippen LogP) is 3.44. The highest BCUT2D eigenvalue weighted by atomic mass is 19.4. The monoisotopic (exact) mass is 424 g/mol. The Hall–Kier alpha value is -3.63. The van der Waals surface area contributed by atoms with Gasteiger partial charge in [-0.05, 0) is 31.2 Å². The van der Waals surface area contributed by atoms with E-state index in [1.54, 1.807) is 14.1 Å². The molecule has 2 amide bonds. The second-order valence-electron chi connectivity index (χ2n) is 6.62. The fraction of sp³-hybridized carbons (Fsp3) is 0.263. The summed E-state index contributed by atoms with van der Waals surface area (Å²) < 4.78 is 39.0. The molecule has 0 aliphatic carbocycles. The molecule has 160 valence electrons. The smallest absolute Gasteiger partial charge is 0.376 e. The Balaban J connectivity index is 2.18. The molecule has 2 aromatic carbocycles. The van der Waals surface area contributed by atoms with Crippen molar-refractivity contribution in [2.24, 2.45) is 0 Å². The van der Waals surface area contributed by atoms with Crippen molar-refractivity contribution in [2.75, 3.05) is 24.3 Å². The first-order valence-electron chi connectivity index (χ1n) is 8.65. The topological polar surface area (TPSA) is 105 Å². The number of rotatable bonds is 6. The molecular weight excluding hydrogens is 405 g/mol. The van der Waals surface area contributed by atoms with Crippen LogP contribution in [0.1, 0.15) is 22.8 Å². The normalized spacial score (nSPS) is 12.1. The highest BCUT2D eigenvalue weighted by Crippen LogP contribution is 2.35. The van der Waals surface area contributed by atoms with Gasteiger partial charge in [-0.3, -0.25) is 19.7 Å². The Labute approximate surface area is 169 Å². The largest absolute Gasteiger partial charge is 0.416 e. The van der Waals surface area contributed by atoms with Gasteiger partial charge in [0.15, 0.2) is 0 Å². The van der Waals surface area contributed by atoms with Gasteiger partial charge in [-0.15, -0.1) is 0 Å². The average molecular weight is 424 g/mol. The first kappa shape index (κ1) is 22.7. The van der Waals surface area contributed by atoms with Gasteiger partial charge >= 0.3 is 6.18 Å². The van der Waals surface area contributed by atoms with E-state index >= 15 is 0 Å². The second kappa shape index (κ2) is 8.80. The van der Waals surface area contributed by atoms with Crippen LogP contribution in [0.2, 0.25) is 0 Å². The zero-order valence-corrected chi connectivity index (χ0v) is 16.3. The molecule has 1 unspecified atom stereocenters. The Morgan fingerprint density at radius 2 is 1.80 bits per heavy atom. The van der Waals surface area contributed by atoms with Crippen molar-refractivity contribution < 1.29 is 27.7 Å². The maximum atomic E-state index is 13.0. The number of non-ortho nitro benzene ring substituents is 1. The lowest BCUT2D eigenvalue weighted by Crippen LogP contribution is -2.41. The molecule has 0 fully saturated rings. The van der Waals surface area contributed by atoms with Gasteiger partial charge in [-0.1, -0.05) is 6.07 Å². The molecule has 0 aliphatic rings. The van der Waals surface area contributed by atoms with Crippen molar-refractivity contribution in [2.45, 2.75) is 19.1 Å². The van der Waals surface area contributed by atoms with Crippen molar-refractivity contribution in [3.8, 4) is 0 Å². The maximum absolute atomic E-state index is 13.0. The van der Waals surface area contributed by atoms with Crippen LogP contribution in [0.5, 0.6) is 0 Å². The number of amides is 2. The van der Waals surface area contributed by atoms with Crippen molar-refractivity contribution in [3.63, 3.8) is 0 Å². The van der Waals surface area contributed by atoms with E-state index in [1.165, 1.54) is 36.1 Å². The average Bonchev–Trinajstić information content (AvgIpc) is 2.66. The molecule has 0 saturated carbocycles. The van der Waals surface area contributed by atoms with Gasteiger partial charge in [0, 0.05) is 31.8 Å². The highest BCUT2D eigenvalue weighted by molar-refractivity contribution is 6.02. The van der Waals surface area contributed by atoms with Crippen LogP contribution in [0.3, 0.4) is 0 Å². The number of anilines is 2. The lowest BCUT2D eigenvalue weighted by molar-refractivity contribution is -0.384. The second-order valence-corrected chi connectivity index (χ2v) is 6.62. The summed E-state index contributed by atoms with van der Waals surface area (Å²) in [7, 11) is 3.21. The standard InChI is InChI=1S/C19H19F3N4O4/c1-11(23-18(28)12-5-4-6-14(9-12)26(29)30)17(27)24-15-10-13(19(20,21)22)7-8-16(15)25(2)3/h4-11H,1-3H3,(H,23,28)(H,24,27). The number of hydrogen-bond acceptors (Lipinski definition) is 5. The number of nitro groups is 1. The molecule has 2 N–H and O–H groups in total. The van der Waals surface area contributed by atoms with Gasteiger partial charge in [0.05, 0.1) is 21.9 Å². The van der Waals surface area contributed by atoms with E-state index in [9.17, 15) is 32.9 Å². The van der Waals surface area contributed by atoms with Crippen LogP contribution in [0.25, 0.3) is 0 Å². The van der Waals surface area contributed by atoms with Gasteiger partial charge in [-0.25, -0.2) is 0 Å². The summed E-state index contributed by atoms with van der Waals surface area (Å²) in [5.74, 6) is -1.49. The molecule has 30 heavy (non-hydrogen) atoms. The summed E-state index contributed by atoms with van der Waals surface area (Å²) in [6.07, 6.45) is -4.59. The Kier molecular flexibility index (Phi) is 6.65. The summed E-state index contributed by atoms with van der Waals surface area (Å²) in [5, 5.41) is 15.6. The Bertz CT molecular complexity index is 976. The minimum absolute atomic E-state index is 0.0306. The minimum Gasteiger partial charge on any atom is -0.376 e. The summed E-state index contributed by atoms with van der Waals surface area (Å²) in [6.45, 7) is 1.34. The first-order chi connectivity index (χ1) is 13.9. The lowest BCUT2D eigenvalue weighted by atomic mass is 10.1. The van der Waals surface area contributed by atoms with Gasteiger partial charge in [0.25, 0.3) is 11.6 Å². The fourth-order valence-electron chi connectivity index (χ4n) is 2.55. The van der Waals surface area contributed by atoms with E-state index in [4.69, 9.17) is 0 Å². The quantitative estimate of drug-likeness (QED) is 0.546. The van der Waals surface area contributed by atoms with Crippen LogP contribution in [0, 0.1) is 10.1 Å². The van der Waals surface area contributed by atoms with E-state index < -0.39 is 34.5 Å². The number of nitrogens with zero attached hydrogens (tertiary/aromatic N) is 2.